The van der Waals surface area contributed by atoms with Gasteiger partial charge in [-0.05, 0) is 78.4 Å². The highest BCUT2D eigenvalue weighted by Gasteiger charge is 2.12. The lowest BCUT2D eigenvalue weighted by molar-refractivity contribution is -0.115. The normalized spacial score (nSPS) is 10.3. The number of nitrogens with one attached hydrogen (secondary N) is 1. The van der Waals surface area contributed by atoms with Crippen molar-refractivity contribution in [2.45, 2.75) is 20.3 Å². The maximum absolute atomic E-state index is 12.3. The molecule has 0 saturated carbocycles. The fourth-order valence-electron chi connectivity index (χ4n) is 2.27. The number of carbonyl (C=O) groups excluding carboxylic acids is 2. The summed E-state index contributed by atoms with van der Waals surface area (Å²) >= 11 is 2.23. The van der Waals surface area contributed by atoms with E-state index in [1.807, 2.05) is 25.1 Å². The highest BCUT2D eigenvalue weighted by atomic mass is 127. The number of Topliss-reactive ketones (excluding diaryl/α,β-unsaturated/α-hetero) is 1. The average molecular weight is 423 g/mol. The van der Waals surface area contributed by atoms with Gasteiger partial charge in [-0.2, -0.15) is 0 Å². The molecule has 0 aromatic heterocycles. The summed E-state index contributed by atoms with van der Waals surface area (Å²) in [5.41, 5.74) is 3.06. The summed E-state index contributed by atoms with van der Waals surface area (Å²) in [6.45, 7) is 3.45. The molecule has 4 nitrogen and oxygen atoms in total. The van der Waals surface area contributed by atoms with Gasteiger partial charge in [0.2, 0.25) is 5.91 Å². The monoisotopic (exact) mass is 423 g/mol. The molecule has 0 heterocycles. The number of hydrogen-bond acceptors (Lipinski definition) is 3. The summed E-state index contributed by atoms with van der Waals surface area (Å²) in [7, 11) is 1.55. The predicted molar refractivity (Wildman–Crippen MR) is 99.2 cm³/mol. The Morgan fingerprint density at radius 1 is 1.17 bits per heavy atom. The van der Waals surface area contributed by atoms with Crippen LogP contribution in [0.2, 0.25) is 0 Å². The van der Waals surface area contributed by atoms with E-state index < -0.39 is 0 Å². The van der Waals surface area contributed by atoms with Gasteiger partial charge >= 0.3 is 0 Å². The van der Waals surface area contributed by atoms with Crippen molar-refractivity contribution in [2.24, 2.45) is 0 Å². The Morgan fingerprint density at radius 2 is 1.91 bits per heavy atom. The van der Waals surface area contributed by atoms with E-state index in [4.69, 9.17) is 4.74 Å². The summed E-state index contributed by atoms with van der Waals surface area (Å²) in [6.07, 6.45) is 0.149. The van der Waals surface area contributed by atoms with Gasteiger partial charge in [-0.25, -0.2) is 0 Å². The molecule has 2 aromatic carbocycles. The van der Waals surface area contributed by atoms with Gasteiger partial charge < -0.3 is 10.1 Å². The quantitative estimate of drug-likeness (QED) is 0.585. The van der Waals surface area contributed by atoms with Crippen molar-refractivity contribution in [3.63, 3.8) is 0 Å². The number of ketones is 1. The Kier molecular flexibility index (Phi) is 5.76. The van der Waals surface area contributed by atoms with Crippen LogP contribution in [0.25, 0.3) is 0 Å². The van der Waals surface area contributed by atoms with Gasteiger partial charge in [-0.3, -0.25) is 9.59 Å². The van der Waals surface area contributed by atoms with E-state index in [0.717, 1.165) is 14.8 Å². The fraction of sp³-hybridized carbons (Fsp3) is 0.222. The van der Waals surface area contributed by atoms with E-state index in [9.17, 15) is 9.59 Å². The summed E-state index contributed by atoms with van der Waals surface area (Å²) in [5, 5.41) is 2.90. The van der Waals surface area contributed by atoms with Crippen LogP contribution in [0.4, 0.5) is 5.69 Å². The molecular weight excluding hydrogens is 405 g/mol. The first kappa shape index (κ1) is 17.5. The molecule has 0 aliphatic carbocycles. The lowest BCUT2D eigenvalue weighted by atomic mass is 10.0. The minimum absolute atomic E-state index is 0.0391. The van der Waals surface area contributed by atoms with E-state index in [2.05, 4.69) is 27.9 Å². The van der Waals surface area contributed by atoms with Gasteiger partial charge in [0.25, 0.3) is 0 Å². The minimum atomic E-state index is -0.145. The number of methoxy groups -OCH3 is 1. The third-order valence-electron chi connectivity index (χ3n) is 3.50. The molecule has 0 unspecified atom stereocenters. The number of halogens is 1. The smallest absolute Gasteiger partial charge is 0.228 e. The second-order valence-electron chi connectivity index (χ2n) is 5.27. The molecule has 1 N–H and O–H groups in total. The van der Waals surface area contributed by atoms with Crippen molar-refractivity contribution >= 4 is 40.0 Å². The molecule has 1 amide bonds. The summed E-state index contributed by atoms with van der Waals surface area (Å²) in [4.78, 5) is 23.8. The van der Waals surface area contributed by atoms with Crippen LogP contribution >= 0.6 is 22.6 Å². The van der Waals surface area contributed by atoms with Gasteiger partial charge in [0.15, 0.2) is 5.78 Å². The summed E-state index contributed by atoms with van der Waals surface area (Å²) in [6, 6.07) is 11.0. The van der Waals surface area contributed by atoms with E-state index in [1.54, 1.807) is 25.3 Å². The lowest BCUT2D eigenvalue weighted by Crippen LogP contribution is -2.16. The Bertz CT molecular complexity index is 756. The van der Waals surface area contributed by atoms with Gasteiger partial charge in [0, 0.05) is 20.4 Å². The topological polar surface area (TPSA) is 55.4 Å². The average Bonchev–Trinajstić information content (AvgIpc) is 2.50. The Morgan fingerprint density at radius 3 is 2.52 bits per heavy atom. The summed E-state index contributed by atoms with van der Waals surface area (Å²) in [5.74, 6) is 0.417. The molecule has 120 valence electrons. The minimum Gasteiger partial charge on any atom is -0.496 e. The van der Waals surface area contributed by atoms with Crippen LogP contribution in [0.5, 0.6) is 5.75 Å². The number of aryl methyl sites for hydroxylation is 1. The first-order chi connectivity index (χ1) is 10.9. The second kappa shape index (κ2) is 7.59. The fourth-order valence-corrected chi connectivity index (χ4v) is 2.92. The molecule has 0 spiro atoms. The van der Waals surface area contributed by atoms with E-state index >= 15 is 0 Å². The Hall–Kier alpha value is -1.89. The Labute approximate surface area is 149 Å². The second-order valence-corrected chi connectivity index (χ2v) is 6.51. The van der Waals surface area contributed by atoms with Crippen molar-refractivity contribution in [1.82, 2.24) is 0 Å². The zero-order chi connectivity index (χ0) is 17.0. The standard InChI is InChI=1S/C18H18INO3/c1-11-8-15(19)5-6-16(11)20-18(22)10-14-9-13(12(2)21)4-7-17(14)23-3/h4-9H,10H2,1-3H3,(H,20,22). The van der Waals surface area contributed by atoms with Crippen molar-refractivity contribution in [1.29, 1.82) is 0 Å². The molecule has 0 atom stereocenters. The van der Waals surface area contributed by atoms with Crippen molar-refractivity contribution < 1.29 is 14.3 Å². The molecule has 0 aliphatic rings. The first-order valence-electron chi connectivity index (χ1n) is 7.14. The van der Waals surface area contributed by atoms with Gasteiger partial charge in [-0.1, -0.05) is 0 Å². The molecule has 0 radical (unpaired) electrons. The van der Waals surface area contributed by atoms with Gasteiger partial charge in [-0.15, -0.1) is 0 Å². The molecule has 0 saturated heterocycles. The van der Waals surface area contributed by atoms with E-state index in [0.29, 0.717) is 16.9 Å². The van der Waals surface area contributed by atoms with Crippen LogP contribution in [0, 0.1) is 10.5 Å². The summed E-state index contributed by atoms with van der Waals surface area (Å²) < 4.78 is 6.40. The molecule has 0 bridgehead atoms. The molecule has 0 fully saturated rings. The zero-order valence-electron chi connectivity index (χ0n) is 13.3. The van der Waals surface area contributed by atoms with Crippen molar-refractivity contribution in [2.75, 3.05) is 12.4 Å². The van der Waals surface area contributed by atoms with Crippen molar-refractivity contribution in [3.05, 3.63) is 56.7 Å². The van der Waals surface area contributed by atoms with E-state index in [-0.39, 0.29) is 18.1 Å². The lowest BCUT2D eigenvalue weighted by Gasteiger charge is -2.12. The molecular formula is C18H18INO3. The van der Waals surface area contributed by atoms with Crippen molar-refractivity contribution in [3.8, 4) is 5.75 Å². The van der Waals surface area contributed by atoms with Gasteiger partial charge in [0.05, 0.1) is 13.5 Å². The Balaban J connectivity index is 2.19. The SMILES string of the molecule is COc1ccc(C(C)=O)cc1CC(=O)Nc1ccc(I)cc1C. The molecule has 5 heteroatoms. The molecule has 23 heavy (non-hydrogen) atoms. The van der Waals surface area contributed by atoms with Crippen LogP contribution in [0.15, 0.2) is 36.4 Å². The van der Waals surface area contributed by atoms with Crippen LogP contribution in [-0.4, -0.2) is 18.8 Å². The molecule has 2 rings (SSSR count). The number of rotatable bonds is 5. The molecule has 2 aromatic rings. The number of anilines is 1. The van der Waals surface area contributed by atoms with Gasteiger partial charge in [0.1, 0.15) is 5.75 Å². The van der Waals surface area contributed by atoms with Crippen LogP contribution < -0.4 is 10.1 Å². The van der Waals surface area contributed by atoms with Crippen LogP contribution in [-0.2, 0) is 11.2 Å². The predicted octanol–water partition coefficient (Wildman–Crippen LogP) is 3.99. The number of benzene rings is 2. The number of hydrogen-bond donors (Lipinski definition) is 1. The zero-order valence-corrected chi connectivity index (χ0v) is 15.4. The third kappa shape index (κ3) is 4.54. The molecule has 0 aliphatic heterocycles. The van der Waals surface area contributed by atoms with Crippen LogP contribution in [0.3, 0.4) is 0 Å². The number of amides is 1. The number of carbonyl (C=O) groups is 2. The number of ether oxygens (including phenoxy) is 1. The maximum Gasteiger partial charge on any atom is 0.228 e. The third-order valence-corrected chi connectivity index (χ3v) is 4.17. The highest BCUT2D eigenvalue weighted by molar-refractivity contribution is 14.1. The largest absolute Gasteiger partial charge is 0.496 e. The maximum atomic E-state index is 12.3. The first-order valence-corrected chi connectivity index (χ1v) is 8.22. The van der Waals surface area contributed by atoms with Crippen LogP contribution in [0.1, 0.15) is 28.4 Å². The van der Waals surface area contributed by atoms with E-state index in [1.165, 1.54) is 6.92 Å². The highest BCUT2D eigenvalue weighted by Crippen LogP contribution is 2.22.